The maximum Gasteiger partial charge on any atom is 0.263 e. The molecule has 0 saturated heterocycles. The quantitative estimate of drug-likeness (QED) is 0.389. The Morgan fingerprint density at radius 3 is 2.60 bits per heavy atom. The number of rotatable bonds is 4. The van der Waals surface area contributed by atoms with E-state index >= 15 is 0 Å². The monoisotopic (exact) mass is 547 g/mol. The van der Waals surface area contributed by atoms with Crippen LogP contribution in [-0.4, -0.2) is 41.7 Å². The van der Waals surface area contributed by atoms with Crippen LogP contribution in [0.4, 0.5) is 20.4 Å². The number of nitrogens with two attached hydrogens (primary N) is 1. The fourth-order valence-electron chi connectivity index (χ4n) is 5.82. The van der Waals surface area contributed by atoms with Gasteiger partial charge >= 0.3 is 0 Å². The summed E-state index contributed by atoms with van der Waals surface area (Å²) in [5.74, 6) is -3.12. The van der Waals surface area contributed by atoms with Crippen molar-refractivity contribution in [1.29, 1.82) is 0 Å². The SMILES string of the molecule is Cn1cc(-c2ccc(NC(=O)c3cc4c(n(C5CCC(F)(F)CC5)c3=O)CCCC4=O)nc2)c2c(N)ncnc21. The lowest BCUT2D eigenvalue weighted by Gasteiger charge is -2.33. The lowest BCUT2D eigenvalue weighted by Crippen LogP contribution is -2.39. The molecule has 0 radical (unpaired) electrons. The highest BCUT2D eigenvalue weighted by molar-refractivity contribution is 6.06. The molecule has 3 N–H and O–H groups in total. The highest BCUT2D eigenvalue weighted by atomic mass is 19.3. The Hall–Kier alpha value is -4.48. The molecule has 40 heavy (non-hydrogen) atoms. The molecule has 4 heterocycles. The molecule has 2 aliphatic carbocycles. The molecule has 0 atom stereocenters. The van der Waals surface area contributed by atoms with Gasteiger partial charge in [-0.3, -0.25) is 14.4 Å². The Kier molecular flexibility index (Phi) is 6.20. The number of hydrogen-bond donors (Lipinski definition) is 2. The number of alkyl halides is 2. The number of aromatic nitrogens is 5. The average Bonchev–Trinajstić information content (AvgIpc) is 3.27. The molecular weight excluding hydrogens is 520 g/mol. The van der Waals surface area contributed by atoms with Gasteiger partial charge < -0.3 is 20.2 Å². The largest absolute Gasteiger partial charge is 0.383 e. The van der Waals surface area contributed by atoms with Gasteiger partial charge in [-0.05, 0) is 43.9 Å². The predicted molar refractivity (Wildman–Crippen MR) is 145 cm³/mol. The summed E-state index contributed by atoms with van der Waals surface area (Å²) in [5.41, 5.74) is 8.30. The number of fused-ring (bicyclic) bond motifs is 2. The van der Waals surface area contributed by atoms with Crippen molar-refractivity contribution in [3.05, 3.63) is 64.1 Å². The lowest BCUT2D eigenvalue weighted by molar-refractivity contribution is -0.0445. The van der Waals surface area contributed by atoms with Gasteiger partial charge in [-0.15, -0.1) is 0 Å². The summed E-state index contributed by atoms with van der Waals surface area (Å²) in [6.45, 7) is 0. The fourth-order valence-corrected chi connectivity index (χ4v) is 5.82. The lowest BCUT2D eigenvalue weighted by atomic mass is 9.88. The van der Waals surface area contributed by atoms with Crippen molar-refractivity contribution < 1.29 is 18.4 Å². The van der Waals surface area contributed by atoms with Crippen LogP contribution in [0, 0.1) is 0 Å². The fraction of sp³-hybridized carbons (Fsp3) is 0.357. The molecule has 0 spiro atoms. The van der Waals surface area contributed by atoms with Gasteiger partial charge in [0.15, 0.2) is 5.78 Å². The highest BCUT2D eigenvalue weighted by Crippen LogP contribution is 2.39. The summed E-state index contributed by atoms with van der Waals surface area (Å²) in [6, 6.07) is 4.20. The van der Waals surface area contributed by atoms with E-state index in [0.717, 1.165) is 11.1 Å². The number of nitrogens with zero attached hydrogens (tertiary/aromatic N) is 5. The second kappa shape index (κ2) is 9.61. The Labute approximate surface area is 227 Å². The van der Waals surface area contributed by atoms with E-state index in [0.29, 0.717) is 47.4 Å². The van der Waals surface area contributed by atoms with Gasteiger partial charge in [-0.25, -0.2) is 23.7 Å². The third kappa shape index (κ3) is 4.42. The Morgan fingerprint density at radius 2 is 1.88 bits per heavy atom. The van der Waals surface area contributed by atoms with Crippen LogP contribution in [0.1, 0.15) is 71.0 Å². The molecule has 10 nitrogen and oxygen atoms in total. The van der Waals surface area contributed by atoms with Crippen LogP contribution >= 0.6 is 0 Å². The number of halogens is 2. The molecule has 1 saturated carbocycles. The molecule has 1 fully saturated rings. The van der Waals surface area contributed by atoms with Gasteiger partial charge in [0.2, 0.25) is 5.92 Å². The van der Waals surface area contributed by atoms with Crippen molar-refractivity contribution in [2.24, 2.45) is 7.05 Å². The number of Topliss-reactive ketones (excluding diaryl/α,β-unsaturated/α-hetero) is 1. The van der Waals surface area contributed by atoms with Crippen molar-refractivity contribution >= 4 is 34.4 Å². The van der Waals surface area contributed by atoms with Crippen LogP contribution in [0.15, 0.2) is 41.7 Å². The van der Waals surface area contributed by atoms with E-state index in [1.807, 2.05) is 17.8 Å². The second-order valence-corrected chi connectivity index (χ2v) is 10.5. The summed E-state index contributed by atoms with van der Waals surface area (Å²) in [7, 11) is 1.84. The Morgan fingerprint density at radius 1 is 1.10 bits per heavy atom. The van der Waals surface area contributed by atoms with E-state index in [-0.39, 0.29) is 42.8 Å². The Bertz CT molecular complexity index is 1720. The van der Waals surface area contributed by atoms with Crippen LogP contribution in [-0.2, 0) is 13.5 Å². The van der Waals surface area contributed by atoms with Crippen molar-refractivity contribution in [3.8, 4) is 11.1 Å². The molecule has 0 bridgehead atoms. The highest BCUT2D eigenvalue weighted by Gasteiger charge is 2.38. The van der Waals surface area contributed by atoms with Crippen molar-refractivity contribution in [1.82, 2.24) is 24.1 Å². The number of nitrogen functional groups attached to an aromatic ring is 1. The predicted octanol–water partition coefficient (Wildman–Crippen LogP) is 4.30. The number of ketones is 1. The summed E-state index contributed by atoms with van der Waals surface area (Å²) in [4.78, 5) is 52.4. The van der Waals surface area contributed by atoms with Crippen LogP contribution in [0.3, 0.4) is 0 Å². The van der Waals surface area contributed by atoms with Gasteiger partial charge in [0.25, 0.3) is 11.5 Å². The third-order valence-electron chi connectivity index (χ3n) is 7.85. The third-order valence-corrected chi connectivity index (χ3v) is 7.85. The molecule has 1 amide bonds. The standard InChI is InChI=1S/C28H27F2N7O3/c1-36-13-19(23-24(31)33-14-34-25(23)36)15-5-6-22(32-12-15)35-26(39)18-11-17-20(3-2-4-21(17)38)37(27(18)40)16-7-9-28(29,30)10-8-16/h5-6,11-14,16H,2-4,7-10H2,1H3,(H2,31,33,34)(H,32,35,39). The number of aryl methyl sites for hydroxylation is 1. The number of pyridine rings is 2. The van der Waals surface area contributed by atoms with Crippen LogP contribution in [0.2, 0.25) is 0 Å². The molecule has 2 aliphatic rings. The smallest absolute Gasteiger partial charge is 0.263 e. The molecular formula is C28H27F2N7O3. The number of nitrogens with one attached hydrogen (secondary N) is 1. The maximum absolute atomic E-state index is 13.9. The number of carbonyl (C=O) groups is 2. The first-order valence-corrected chi connectivity index (χ1v) is 13.2. The van der Waals surface area contributed by atoms with E-state index in [2.05, 4.69) is 20.3 Å². The van der Waals surface area contributed by atoms with E-state index in [9.17, 15) is 23.2 Å². The maximum atomic E-state index is 13.9. The minimum atomic E-state index is -2.77. The van der Waals surface area contributed by atoms with E-state index < -0.39 is 23.4 Å². The van der Waals surface area contributed by atoms with Crippen LogP contribution in [0.5, 0.6) is 0 Å². The number of amides is 1. The summed E-state index contributed by atoms with van der Waals surface area (Å²) in [5, 5.41) is 3.33. The van der Waals surface area contributed by atoms with E-state index in [1.165, 1.54) is 17.0 Å². The first-order valence-electron chi connectivity index (χ1n) is 13.2. The second-order valence-electron chi connectivity index (χ2n) is 10.5. The van der Waals surface area contributed by atoms with E-state index in [4.69, 9.17) is 5.73 Å². The molecule has 4 aromatic heterocycles. The first kappa shape index (κ1) is 25.8. The number of anilines is 2. The zero-order valence-electron chi connectivity index (χ0n) is 21.8. The van der Waals surface area contributed by atoms with Gasteiger partial charge in [-0.2, -0.15) is 0 Å². The summed E-state index contributed by atoms with van der Waals surface area (Å²) in [6.07, 6.45) is 5.71. The summed E-state index contributed by atoms with van der Waals surface area (Å²) < 4.78 is 31.0. The molecule has 206 valence electrons. The first-order chi connectivity index (χ1) is 19.1. The number of carbonyl (C=O) groups excluding carboxylic acids is 2. The molecule has 6 rings (SSSR count). The van der Waals surface area contributed by atoms with Gasteiger partial charge in [0, 0.05) is 67.1 Å². The van der Waals surface area contributed by atoms with E-state index in [1.54, 1.807) is 18.3 Å². The molecule has 4 aromatic rings. The minimum absolute atomic E-state index is 0.103. The topological polar surface area (TPSA) is 138 Å². The molecule has 0 aliphatic heterocycles. The normalized spacial score (nSPS) is 17.1. The molecule has 0 aromatic carbocycles. The average molecular weight is 548 g/mol. The summed E-state index contributed by atoms with van der Waals surface area (Å²) >= 11 is 0. The van der Waals surface area contributed by atoms with Gasteiger partial charge in [-0.1, -0.05) is 0 Å². The van der Waals surface area contributed by atoms with Crippen molar-refractivity contribution in [2.75, 3.05) is 11.1 Å². The van der Waals surface area contributed by atoms with Crippen molar-refractivity contribution in [2.45, 2.75) is 56.9 Å². The number of hydrogen-bond acceptors (Lipinski definition) is 7. The van der Waals surface area contributed by atoms with Gasteiger partial charge in [0.05, 0.1) is 5.39 Å². The minimum Gasteiger partial charge on any atom is -0.383 e. The van der Waals surface area contributed by atoms with Crippen LogP contribution in [0.25, 0.3) is 22.2 Å². The molecule has 12 heteroatoms. The zero-order valence-corrected chi connectivity index (χ0v) is 21.8. The van der Waals surface area contributed by atoms with Crippen LogP contribution < -0.4 is 16.6 Å². The van der Waals surface area contributed by atoms with Crippen molar-refractivity contribution in [3.63, 3.8) is 0 Å². The van der Waals surface area contributed by atoms with Gasteiger partial charge in [0.1, 0.15) is 29.2 Å². The molecule has 0 unspecified atom stereocenters. The Balaban J connectivity index is 1.32. The zero-order chi connectivity index (χ0) is 28.2.